The maximum Gasteiger partial charge on any atom is 0.416 e. The molecule has 0 aliphatic heterocycles. The van der Waals surface area contributed by atoms with Crippen LogP contribution in [0.1, 0.15) is 45.6 Å². The Morgan fingerprint density at radius 2 is 1.71 bits per heavy atom. The monoisotopic (exact) mass is 620 g/mol. The first-order chi connectivity index (χ1) is 19.9. The van der Waals surface area contributed by atoms with Gasteiger partial charge in [-0.15, -0.1) is 0 Å². The molecule has 1 heterocycles. The van der Waals surface area contributed by atoms with Crippen molar-refractivity contribution in [2.45, 2.75) is 42.1 Å². The van der Waals surface area contributed by atoms with Crippen molar-refractivity contribution in [2.75, 3.05) is 6.67 Å². The van der Waals surface area contributed by atoms with Gasteiger partial charge in [0.25, 0.3) is 5.91 Å². The highest BCUT2D eigenvalue weighted by atomic mass is 35.5. The minimum atomic E-state index is -4.63. The number of aryl methyl sites for hydroxylation is 1. The molecule has 0 bridgehead atoms. The number of amides is 1. The molecule has 5 rings (SSSR count). The molecule has 1 aromatic heterocycles. The molecule has 12 heteroatoms. The number of benzene rings is 3. The predicted octanol–water partition coefficient (Wildman–Crippen LogP) is 7.10. The van der Waals surface area contributed by atoms with Gasteiger partial charge in [0.15, 0.2) is 9.84 Å². The normalized spacial score (nSPS) is 14.4. The second kappa shape index (κ2) is 11.4. The van der Waals surface area contributed by atoms with Crippen LogP contribution in [0.5, 0.6) is 0 Å². The summed E-state index contributed by atoms with van der Waals surface area (Å²) in [6.45, 7) is -0.847. The highest BCUT2D eigenvalue weighted by molar-refractivity contribution is 7.92. The number of halogens is 5. The molecule has 0 radical (unpaired) electrons. The van der Waals surface area contributed by atoms with Crippen LogP contribution in [0, 0.1) is 0 Å². The van der Waals surface area contributed by atoms with Crippen molar-refractivity contribution >= 4 is 43.9 Å². The number of alkyl halides is 4. The first-order valence-corrected chi connectivity index (χ1v) is 14.9. The summed E-state index contributed by atoms with van der Waals surface area (Å²) in [5.74, 6) is -0.594. The summed E-state index contributed by atoms with van der Waals surface area (Å²) in [6.07, 6.45) is -2.83. The molecule has 0 atom stereocenters. The lowest BCUT2D eigenvalue weighted by Crippen LogP contribution is -2.22. The molecule has 4 aromatic rings. The number of carbonyl (C=O) groups is 1. The Hall–Kier alpha value is -3.83. The standard InChI is InChI=1S/C30H25ClF4N2O4S/c31-22-5-1-19(26(16-22)30(33,34)35)14-23-15-21-13-20(4-10-28(21)37(23)12-11-32)29(39)36-27(17-38)18-2-6-24(7-3-18)42(40,41)25-8-9-25/h1-7,10,13,15-17,25,38H,8-9,11-12,14H2,(H,36,39)/b27-17+. The first-order valence-electron chi connectivity index (χ1n) is 13.0. The first kappa shape index (κ1) is 29.7. The number of hydrogen-bond acceptors (Lipinski definition) is 4. The van der Waals surface area contributed by atoms with Gasteiger partial charge in [-0.25, -0.2) is 12.8 Å². The number of carbonyl (C=O) groups excluding carboxylic acids is 1. The van der Waals surface area contributed by atoms with Crippen molar-refractivity contribution in [2.24, 2.45) is 0 Å². The summed E-state index contributed by atoms with van der Waals surface area (Å²) in [6, 6.07) is 15.5. The van der Waals surface area contributed by atoms with Gasteiger partial charge >= 0.3 is 6.18 Å². The van der Waals surface area contributed by atoms with Crippen LogP contribution < -0.4 is 5.32 Å². The third-order valence-corrected chi connectivity index (χ3v) is 9.65. The molecular formula is C30H25ClF4N2O4S. The van der Waals surface area contributed by atoms with Crippen LogP contribution in [0.3, 0.4) is 0 Å². The Kier molecular flexibility index (Phi) is 8.08. The summed E-state index contributed by atoms with van der Waals surface area (Å²) in [4.78, 5) is 13.3. The number of nitrogens with one attached hydrogen (secondary N) is 1. The quantitative estimate of drug-likeness (QED) is 0.154. The second-order valence-electron chi connectivity index (χ2n) is 9.99. The third-order valence-electron chi connectivity index (χ3n) is 7.14. The van der Waals surface area contributed by atoms with Crippen molar-refractivity contribution in [3.05, 3.63) is 106 Å². The van der Waals surface area contributed by atoms with Crippen LogP contribution in [-0.2, 0) is 29.0 Å². The smallest absolute Gasteiger partial charge is 0.416 e. The molecule has 220 valence electrons. The summed E-state index contributed by atoms with van der Waals surface area (Å²) in [5.41, 5.74) is 0.642. The zero-order valence-corrected chi connectivity index (χ0v) is 23.5. The lowest BCUT2D eigenvalue weighted by Gasteiger charge is -2.15. The van der Waals surface area contributed by atoms with E-state index in [1.54, 1.807) is 16.7 Å². The minimum absolute atomic E-state index is 0.0264. The Morgan fingerprint density at radius 1 is 1.02 bits per heavy atom. The minimum Gasteiger partial charge on any atom is -0.513 e. The number of aromatic nitrogens is 1. The fourth-order valence-corrected chi connectivity index (χ4v) is 6.72. The molecule has 3 aromatic carbocycles. The number of hydrogen-bond donors (Lipinski definition) is 2. The molecule has 1 aliphatic rings. The Balaban J connectivity index is 1.41. The van der Waals surface area contributed by atoms with Gasteiger partial charge in [0.05, 0.1) is 28.0 Å². The molecule has 0 unspecified atom stereocenters. The van der Waals surface area contributed by atoms with Gasteiger partial charge in [-0.1, -0.05) is 29.8 Å². The fourth-order valence-electron chi connectivity index (χ4n) is 4.89. The zero-order chi connectivity index (χ0) is 30.2. The molecular weight excluding hydrogens is 596 g/mol. The highest BCUT2D eigenvalue weighted by Crippen LogP contribution is 2.36. The van der Waals surface area contributed by atoms with Crippen LogP contribution in [0.2, 0.25) is 5.02 Å². The van der Waals surface area contributed by atoms with Crippen molar-refractivity contribution in [1.82, 2.24) is 9.88 Å². The second-order valence-corrected chi connectivity index (χ2v) is 12.7. The largest absolute Gasteiger partial charge is 0.513 e. The van der Waals surface area contributed by atoms with Gasteiger partial charge in [-0.05, 0) is 66.9 Å². The number of sulfone groups is 1. The van der Waals surface area contributed by atoms with Gasteiger partial charge in [0.1, 0.15) is 12.9 Å². The molecule has 1 fully saturated rings. The summed E-state index contributed by atoms with van der Waals surface area (Å²) in [7, 11) is -3.40. The van der Waals surface area contributed by atoms with Crippen molar-refractivity contribution in [3.8, 4) is 0 Å². The van der Waals surface area contributed by atoms with E-state index in [0.29, 0.717) is 41.3 Å². The summed E-state index contributed by atoms with van der Waals surface area (Å²) < 4.78 is 80.9. The fraction of sp³-hybridized carbons (Fsp3) is 0.233. The van der Waals surface area contributed by atoms with E-state index in [2.05, 4.69) is 5.32 Å². The number of nitrogens with zero attached hydrogens (tertiary/aromatic N) is 1. The molecule has 0 spiro atoms. The number of rotatable bonds is 9. The van der Waals surface area contributed by atoms with Gasteiger partial charge in [-0.3, -0.25) is 4.79 Å². The molecule has 1 saturated carbocycles. The van der Waals surface area contributed by atoms with E-state index in [4.69, 9.17) is 11.6 Å². The van der Waals surface area contributed by atoms with E-state index in [1.165, 1.54) is 48.5 Å². The van der Waals surface area contributed by atoms with E-state index in [1.807, 2.05) is 0 Å². The number of aliphatic hydroxyl groups excluding tert-OH is 1. The van der Waals surface area contributed by atoms with Crippen LogP contribution >= 0.6 is 11.6 Å². The van der Waals surface area contributed by atoms with Crippen molar-refractivity contribution < 1.29 is 35.9 Å². The number of fused-ring (bicyclic) bond motifs is 1. The van der Waals surface area contributed by atoms with Gasteiger partial charge in [0.2, 0.25) is 0 Å². The van der Waals surface area contributed by atoms with Gasteiger partial charge < -0.3 is 15.0 Å². The van der Waals surface area contributed by atoms with Crippen LogP contribution in [-0.4, -0.2) is 35.9 Å². The molecule has 2 N–H and O–H groups in total. The average Bonchev–Trinajstić information content (AvgIpc) is 3.77. The molecule has 1 aliphatic carbocycles. The highest BCUT2D eigenvalue weighted by Gasteiger charge is 2.37. The van der Waals surface area contributed by atoms with E-state index >= 15 is 0 Å². The van der Waals surface area contributed by atoms with E-state index in [9.17, 15) is 35.9 Å². The lowest BCUT2D eigenvalue weighted by atomic mass is 10.0. The van der Waals surface area contributed by atoms with E-state index in [-0.39, 0.29) is 45.0 Å². The van der Waals surface area contributed by atoms with E-state index in [0.717, 1.165) is 6.07 Å². The molecule has 6 nitrogen and oxygen atoms in total. The van der Waals surface area contributed by atoms with Crippen LogP contribution in [0.15, 0.2) is 77.9 Å². The van der Waals surface area contributed by atoms with Gasteiger partial charge in [-0.2, -0.15) is 13.2 Å². The van der Waals surface area contributed by atoms with Crippen molar-refractivity contribution in [1.29, 1.82) is 0 Å². The summed E-state index contributed by atoms with van der Waals surface area (Å²) in [5, 5.41) is 12.5. The van der Waals surface area contributed by atoms with Crippen LogP contribution in [0.4, 0.5) is 17.6 Å². The average molecular weight is 621 g/mol. The Labute approximate surface area is 244 Å². The van der Waals surface area contributed by atoms with Gasteiger partial charge in [0, 0.05) is 39.2 Å². The molecule has 42 heavy (non-hydrogen) atoms. The number of aliphatic hydroxyl groups is 1. The topological polar surface area (TPSA) is 88.4 Å². The third kappa shape index (κ3) is 6.03. The lowest BCUT2D eigenvalue weighted by molar-refractivity contribution is -0.138. The van der Waals surface area contributed by atoms with Crippen molar-refractivity contribution in [3.63, 3.8) is 0 Å². The van der Waals surface area contributed by atoms with Crippen LogP contribution in [0.25, 0.3) is 16.6 Å². The Morgan fingerprint density at radius 3 is 2.33 bits per heavy atom. The Bertz CT molecular complexity index is 1790. The molecule has 1 amide bonds. The zero-order valence-electron chi connectivity index (χ0n) is 22.0. The molecule has 0 saturated heterocycles. The predicted molar refractivity (Wildman–Crippen MR) is 152 cm³/mol. The SMILES string of the molecule is O=C(N/C(=C/O)c1ccc(S(=O)(=O)C2CC2)cc1)c1ccc2c(c1)cc(Cc1ccc(Cl)cc1C(F)(F)F)n2CCF. The maximum atomic E-state index is 13.7. The summed E-state index contributed by atoms with van der Waals surface area (Å²) >= 11 is 5.81. The maximum absolute atomic E-state index is 13.7. The van der Waals surface area contributed by atoms with E-state index < -0.39 is 34.2 Å².